The van der Waals surface area contributed by atoms with E-state index in [1.54, 1.807) is 7.11 Å². The Kier molecular flexibility index (Phi) is 4.72. The molecule has 0 bridgehead atoms. The summed E-state index contributed by atoms with van der Waals surface area (Å²) in [6.45, 7) is 7.71. The molecule has 0 aliphatic rings. The third-order valence-electron chi connectivity index (χ3n) is 2.10. The van der Waals surface area contributed by atoms with Gasteiger partial charge >= 0.3 is 0 Å². The van der Waals surface area contributed by atoms with Crippen LogP contribution < -0.4 is 10.6 Å². The molecule has 0 fully saturated rings. The molecular weight excluding hydrogens is 204 g/mol. The van der Waals surface area contributed by atoms with Crippen LogP contribution in [-0.4, -0.2) is 36.8 Å². The number of hydrogen-bond donors (Lipinski definition) is 1. The fourth-order valence-corrected chi connectivity index (χ4v) is 1.39. The van der Waals surface area contributed by atoms with Crippen LogP contribution in [0, 0.1) is 6.92 Å². The summed E-state index contributed by atoms with van der Waals surface area (Å²) in [6.07, 6.45) is 1.82. The van der Waals surface area contributed by atoms with E-state index >= 15 is 0 Å². The lowest BCUT2D eigenvalue weighted by atomic mass is 10.3. The van der Waals surface area contributed by atoms with Gasteiger partial charge in [0.15, 0.2) is 0 Å². The average molecular weight is 222 g/mol. The molecule has 1 rings (SSSR count). The molecule has 0 radical (unpaired) electrons. The first-order valence-corrected chi connectivity index (χ1v) is 5.13. The number of aryl methyl sites for hydroxylation is 1. The molecule has 0 aromatic carbocycles. The zero-order valence-electron chi connectivity index (χ0n) is 9.81. The van der Waals surface area contributed by atoms with E-state index in [9.17, 15) is 0 Å². The summed E-state index contributed by atoms with van der Waals surface area (Å²) in [5.74, 6) is 1.10. The van der Waals surface area contributed by atoms with Crippen LogP contribution >= 0.6 is 0 Å². The van der Waals surface area contributed by atoms with Crippen molar-refractivity contribution >= 4 is 11.8 Å². The maximum Gasteiger partial charge on any atom is 0.222 e. The number of rotatable bonds is 6. The topological polar surface area (TPSA) is 64.3 Å². The Morgan fingerprint density at radius 3 is 2.88 bits per heavy atom. The van der Waals surface area contributed by atoms with E-state index in [1.165, 1.54) is 0 Å². The van der Waals surface area contributed by atoms with Gasteiger partial charge in [0.2, 0.25) is 5.95 Å². The fourth-order valence-electron chi connectivity index (χ4n) is 1.39. The van der Waals surface area contributed by atoms with Crippen molar-refractivity contribution in [2.24, 2.45) is 0 Å². The summed E-state index contributed by atoms with van der Waals surface area (Å²) in [5.41, 5.74) is 6.47. The van der Waals surface area contributed by atoms with E-state index < -0.39 is 0 Å². The van der Waals surface area contributed by atoms with Crippen molar-refractivity contribution in [2.75, 3.05) is 37.4 Å². The highest BCUT2D eigenvalue weighted by Crippen LogP contribution is 2.13. The van der Waals surface area contributed by atoms with E-state index in [0.29, 0.717) is 19.1 Å². The third kappa shape index (κ3) is 3.51. The lowest BCUT2D eigenvalue weighted by molar-refractivity contribution is 0.205. The molecule has 1 heterocycles. The highest BCUT2D eigenvalue weighted by molar-refractivity contribution is 5.43. The second-order valence-electron chi connectivity index (χ2n) is 3.45. The zero-order chi connectivity index (χ0) is 12.0. The highest BCUT2D eigenvalue weighted by atomic mass is 16.5. The summed E-state index contributed by atoms with van der Waals surface area (Å²) >= 11 is 0. The maximum absolute atomic E-state index is 5.62. The molecule has 0 saturated heterocycles. The lowest BCUT2D eigenvalue weighted by Gasteiger charge is -2.22. The van der Waals surface area contributed by atoms with Crippen molar-refractivity contribution in [3.8, 4) is 0 Å². The summed E-state index contributed by atoms with van der Waals surface area (Å²) in [5, 5.41) is 0. The number of ether oxygens (including phenoxy) is 1. The zero-order valence-corrected chi connectivity index (χ0v) is 9.81. The molecule has 1 aromatic rings. The molecule has 16 heavy (non-hydrogen) atoms. The van der Waals surface area contributed by atoms with Gasteiger partial charge in [-0.05, 0) is 6.92 Å². The summed E-state index contributed by atoms with van der Waals surface area (Å²) in [7, 11) is 1.67. The number of methoxy groups -OCH3 is 1. The standard InChI is InChI=1S/C11H18N4O/c1-4-5-15(6-7-16-3)10-8-9(2)13-11(12)14-10/h4,8H,1,5-7H2,2-3H3,(H2,12,13,14). The molecular formula is C11H18N4O. The fraction of sp³-hybridized carbons (Fsp3) is 0.455. The van der Waals surface area contributed by atoms with Gasteiger partial charge in [0.25, 0.3) is 0 Å². The van der Waals surface area contributed by atoms with E-state index in [4.69, 9.17) is 10.5 Å². The molecule has 5 nitrogen and oxygen atoms in total. The van der Waals surface area contributed by atoms with Gasteiger partial charge in [-0.2, -0.15) is 4.98 Å². The van der Waals surface area contributed by atoms with Gasteiger partial charge in [-0.3, -0.25) is 0 Å². The SMILES string of the molecule is C=CCN(CCOC)c1cc(C)nc(N)n1. The smallest absolute Gasteiger partial charge is 0.222 e. The largest absolute Gasteiger partial charge is 0.383 e. The van der Waals surface area contributed by atoms with Crippen LogP contribution in [0.2, 0.25) is 0 Å². The first kappa shape index (κ1) is 12.4. The van der Waals surface area contributed by atoms with E-state index in [-0.39, 0.29) is 0 Å². The molecule has 2 N–H and O–H groups in total. The van der Waals surface area contributed by atoms with E-state index in [1.807, 2.05) is 24.0 Å². The van der Waals surface area contributed by atoms with Crippen LogP contribution in [0.25, 0.3) is 0 Å². The van der Waals surface area contributed by atoms with Crippen molar-refractivity contribution in [2.45, 2.75) is 6.92 Å². The van der Waals surface area contributed by atoms with Crippen molar-refractivity contribution in [3.05, 3.63) is 24.4 Å². The molecule has 0 saturated carbocycles. The second-order valence-corrected chi connectivity index (χ2v) is 3.45. The van der Waals surface area contributed by atoms with Crippen LogP contribution in [0.5, 0.6) is 0 Å². The van der Waals surface area contributed by atoms with Gasteiger partial charge in [-0.25, -0.2) is 4.98 Å². The molecule has 0 spiro atoms. The monoisotopic (exact) mass is 222 g/mol. The van der Waals surface area contributed by atoms with Gasteiger partial charge in [0.05, 0.1) is 6.61 Å². The maximum atomic E-state index is 5.62. The van der Waals surface area contributed by atoms with Crippen molar-refractivity contribution in [1.82, 2.24) is 9.97 Å². The van der Waals surface area contributed by atoms with Crippen molar-refractivity contribution in [1.29, 1.82) is 0 Å². The lowest BCUT2D eigenvalue weighted by Crippen LogP contribution is -2.28. The minimum absolute atomic E-state index is 0.293. The number of nitrogens with zero attached hydrogens (tertiary/aromatic N) is 3. The van der Waals surface area contributed by atoms with Gasteiger partial charge in [-0.15, -0.1) is 6.58 Å². The predicted octanol–water partition coefficient (Wildman–Crippen LogP) is 1.01. The van der Waals surface area contributed by atoms with Crippen LogP contribution in [0.15, 0.2) is 18.7 Å². The molecule has 1 aromatic heterocycles. The second kappa shape index (κ2) is 6.07. The average Bonchev–Trinajstić information content (AvgIpc) is 2.22. The summed E-state index contributed by atoms with van der Waals surface area (Å²) < 4.78 is 5.05. The Labute approximate surface area is 95.9 Å². The molecule has 0 amide bonds. The number of hydrogen-bond acceptors (Lipinski definition) is 5. The minimum atomic E-state index is 0.293. The van der Waals surface area contributed by atoms with Gasteiger partial charge in [0, 0.05) is 32.0 Å². The van der Waals surface area contributed by atoms with Crippen LogP contribution in [-0.2, 0) is 4.74 Å². The van der Waals surface area contributed by atoms with Crippen LogP contribution in [0.1, 0.15) is 5.69 Å². The van der Waals surface area contributed by atoms with E-state index in [0.717, 1.165) is 18.1 Å². The quantitative estimate of drug-likeness (QED) is 0.728. The van der Waals surface area contributed by atoms with Crippen LogP contribution in [0.3, 0.4) is 0 Å². The third-order valence-corrected chi connectivity index (χ3v) is 2.10. The summed E-state index contributed by atoms with van der Waals surface area (Å²) in [4.78, 5) is 10.3. The Bertz CT molecular complexity index is 334. The number of aromatic nitrogens is 2. The minimum Gasteiger partial charge on any atom is -0.383 e. The molecule has 88 valence electrons. The van der Waals surface area contributed by atoms with Crippen LogP contribution in [0.4, 0.5) is 11.8 Å². The Morgan fingerprint density at radius 1 is 1.56 bits per heavy atom. The Hall–Kier alpha value is -1.62. The van der Waals surface area contributed by atoms with Gasteiger partial charge in [-0.1, -0.05) is 6.08 Å². The molecule has 0 unspecified atom stereocenters. The first-order chi connectivity index (χ1) is 7.67. The Balaban J connectivity index is 2.86. The number of anilines is 2. The van der Waals surface area contributed by atoms with E-state index in [2.05, 4.69) is 16.5 Å². The van der Waals surface area contributed by atoms with Gasteiger partial charge < -0.3 is 15.4 Å². The molecule has 0 atom stereocenters. The summed E-state index contributed by atoms with van der Waals surface area (Å²) in [6, 6.07) is 1.90. The normalized spacial score (nSPS) is 10.1. The predicted molar refractivity (Wildman–Crippen MR) is 65.5 cm³/mol. The van der Waals surface area contributed by atoms with Crippen molar-refractivity contribution in [3.63, 3.8) is 0 Å². The van der Waals surface area contributed by atoms with Gasteiger partial charge in [0.1, 0.15) is 5.82 Å². The molecule has 0 aliphatic carbocycles. The number of nitrogen functional groups attached to an aromatic ring is 1. The molecule has 5 heteroatoms. The highest BCUT2D eigenvalue weighted by Gasteiger charge is 2.07. The Morgan fingerprint density at radius 2 is 2.31 bits per heavy atom. The first-order valence-electron chi connectivity index (χ1n) is 5.13. The molecule has 0 aliphatic heterocycles. The number of nitrogens with two attached hydrogens (primary N) is 1. The van der Waals surface area contributed by atoms with Crippen molar-refractivity contribution < 1.29 is 4.74 Å².